The number of dihydropyridines is 1. The number of carbonyl (C=O) groups excluding carboxylic acids is 1. The molecule has 1 amide bonds. The van der Waals surface area contributed by atoms with Crippen LogP contribution in [0, 0.1) is 0 Å². The van der Waals surface area contributed by atoms with Crippen LogP contribution in [0.5, 0.6) is 5.75 Å². The van der Waals surface area contributed by atoms with E-state index in [4.69, 9.17) is 9.47 Å². The molecule has 0 saturated heterocycles. The number of anilines is 1. The zero-order valence-corrected chi connectivity index (χ0v) is 17.4. The molecule has 1 aliphatic rings. The van der Waals surface area contributed by atoms with Crippen LogP contribution in [0.3, 0.4) is 0 Å². The average molecular weight is 422 g/mol. The Balaban J connectivity index is 1.67. The van der Waals surface area contributed by atoms with Crippen LogP contribution in [0.15, 0.2) is 71.2 Å². The number of hydrogen-bond donors (Lipinski definition) is 2. The van der Waals surface area contributed by atoms with Crippen molar-refractivity contribution >= 4 is 23.8 Å². The zero-order valence-electron chi connectivity index (χ0n) is 17.4. The number of carbonyl (C=O) groups is 2. The molecule has 7 heteroatoms. The van der Waals surface area contributed by atoms with Crippen LogP contribution >= 0.6 is 0 Å². The lowest BCUT2D eigenvalue weighted by Gasteiger charge is -2.27. The van der Waals surface area contributed by atoms with Gasteiger partial charge in [0, 0.05) is 11.9 Å². The summed E-state index contributed by atoms with van der Waals surface area (Å²) < 4.78 is 11.3. The van der Waals surface area contributed by atoms with Gasteiger partial charge in [-0.2, -0.15) is 0 Å². The minimum Gasteiger partial charge on any atom is -0.494 e. The van der Waals surface area contributed by atoms with Gasteiger partial charge in [-0.05, 0) is 42.3 Å². The van der Waals surface area contributed by atoms with E-state index in [-0.39, 0.29) is 18.7 Å². The van der Waals surface area contributed by atoms with Crippen molar-refractivity contribution in [2.45, 2.75) is 32.0 Å². The van der Waals surface area contributed by atoms with Crippen molar-refractivity contribution in [1.29, 1.82) is 0 Å². The highest BCUT2D eigenvalue weighted by molar-refractivity contribution is 6.18. The summed E-state index contributed by atoms with van der Waals surface area (Å²) in [5.74, 6) is -0.930. The number of aliphatic imine (C=N–C) groups is 1. The van der Waals surface area contributed by atoms with E-state index >= 15 is 0 Å². The molecule has 7 nitrogen and oxygen atoms in total. The number of nitrogens with zero attached hydrogens (tertiary/aromatic N) is 1. The predicted octanol–water partition coefficient (Wildman–Crippen LogP) is 3.86. The van der Waals surface area contributed by atoms with E-state index in [9.17, 15) is 14.7 Å². The number of rotatable bonds is 10. The molecule has 1 unspecified atom stereocenters. The summed E-state index contributed by atoms with van der Waals surface area (Å²) in [7, 11) is 0. The normalized spacial score (nSPS) is 17.6. The number of ether oxygens (including phenoxy) is 2. The molecule has 0 bridgehead atoms. The Hall–Kier alpha value is -3.45. The Morgan fingerprint density at radius 2 is 1.87 bits per heavy atom. The Bertz CT molecular complexity index is 954. The van der Waals surface area contributed by atoms with Crippen molar-refractivity contribution in [3.8, 4) is 5.75 Å². The third-order valence-electron chi connectivity index (χ3n) is 4.79. The van der Waals surface area contributed by atoms with Crippen LogP contribution in [0.4, 0.5) is 5.69 Å². The lowest BCUT2D eigenvalue weighted by Crippen LogP contribution is -2.45. The van der Waals surface area contributed by atoms with Crippen LogP contribution in [-0.4, -0.2) is 42.0 Å². The molecule has 0 saturated carbocycles. The molecule has 1 aliphatic heterocycles. The number of benzene rings is 2. The maximum atomic E-state index is 12.7. The summed E-state index contributed by atoms with van der Waals surface area (Å²) in [6, 6.07) is 16.3. The van der Waals surface area contributed by atoms with Gasteiger partial charge in [-0.1, -0.05) is 43.7 Å². The van der Waals surface area contributed by atoms with Crippen molar-refractivity contribution < 1.29 is 24.2 Å². The highest BCUT2D eigenvalue weighted by atomic mass is 16.5. The first kappa shape index (κ1) is 22.2. The average Bonchev–Trinajstić information content (AvgIpc) is 2.80. The summed E-state index contributed by atoms with van der Waals surface area (Å²) in [6.07, 6.45) is 4.72. The summed E-state index contributed by atoms with van der Waals surface area (Å²) in [4.78, 5) is 28.8. The minimum absolute atomic E-state index is 0.0908. The molecule has 0 aromatic heterocycles. The van der Waals surface area contributed by atoms with Gasteiger partial charge in [-0.25, -0.2) is 4.79 Å². The van der Waals surface area contributed by atoms with Crippen molar-refractivity contribution in [1.82, 2.24) is 0 Å². The fourth-order valence-corrected chi connectivity index (χ4v) is 2.97. The third-order valence-corrected chi connectivity index (χ3v) is 4.79. The molecule has 0 aliphatic carbocycles. The molecular formula is C24H26N2O5. The van der Waals surface area contributed by atoms with Crippen LogP contribution in [-0.2, 0) is 20.9 Å². The van der Waals surface area contributed by atoms with Crippen LogP contribution in [0.25, 0.3) is 0 Å². The smallest absolute Gasteiger partial charge is 0.342 e. The van der Waals surface area contributed by atoms with E-state index in [1.54, 1.807) is 24.3 Å². The second kappa shape index (κ2) is 10.5. The quantitative estimate of drug-likeness (QED) is 0.567. The third kappa shape index (κ3) is 6.02. The summed E-state index contributed by atoms with van der Waals surface area (Å²) in [6.45, 7) is 2.73. The van der Waals surface area contributed by atoms with Crippen molar-refractivity contribution in [2.24, 2.45) is 4.99 Å². The number of hydrogen-bond acceptors (Lipinski definition) is 5. The van der Waals surface area contributed by atoms with Crippen LogP contribution < -0.4 is 10.1 Å². The topological polar surface area (TPSA) is 97.2 Å². The maximum Gasteiger partial charge on any atom is 0.342 e. The number of carboxylic acid groups (broad SMARTS) is 1. The number of nitrogens with one attached hydrogen (secondary N) is 1. The Morgan fingerprint density at radius 1 is 1.13 bits per heavy atom. The van der Waals surface area contributed by atoms with Crippen molar-refractivity contribution in [3.63, 3.8) is 0 Å². The summed E-state index contributed by atoms with van der Waals surface area (Å²) in [5, 5.41) is 12.5. The van der Waals surface area contributed by atoms with E-state index in [0.717, 1.165) is 24.2 Å². The molecule has 0 radical (unpaired) electrons. The number of aliphatic carboxylic acids is 1. The second-order valence-corrected chi connectivity index (χ2v) is 7.22. The highest BCUT2D eigenvalue weighted by Crippen LogP contribution is 2.23. The molecule has 31 heavy (non-hydrogen) atoms. The van der Waals surface area contributed by atoms with E-state index in [2.05, 4.69) is 17.2 Å². The minimum atomic E-state index is -1.70. The molecule has 2 aromatic carbocycles. The molecular weight excluding hydrogens is 396 g/mol. The SMILES string of the molecule is CCCCOc1ccc(NC(=O)C2=CC(OCc3ccccc3)(C(=O)O)CN=C2)cc1. The van der Waals surface area contributed by atoms with Crippen molar-refractivity contribution in [2.75, 3.05) is 18.5 Å². The van der Waals surface area contributed by atoms with Crippen LogP contribution in [0.1, 0.15) is 25.3 Å². The van der Waals surface area contributed by atoms with E-state index in [1.807, 2.05) is 30.3 Å². The molecule has 2 aromatic rings. The van der Waals surface area contributed by atoms with E-state index in [1.165, 1.54) is 12.3 Å². The molecule has 2 N–H and O–H groups in total. The molecule has 162 valence electrons. The van der Waals surface area contributed by atoms with Gasteiger partial charge in [0.1, 0.15) is 5.75 Å². The van der Waals surface area contributed by atoms with Crippen molar-refractivity contribution in [3.05, 3.63) is 71.8 Å². The predicted molar refractivity (Wildman–Crippen MR) is 119 cm³/mol. The first-order valence-electron chi connectivity index (χ1n) is 10.2. The van der Waals surface area contributed by atoms with Gasteiger partial charge in [0.2, 0.25) is 5.60 Å². The van der Waals surface area contributed by atoms with Gasteiger partial charge >= 0.3 is 5.97 Å². The van der Waals surface area contributed by atoms with Gasteiger partial charge in [-0.15, -0.1) is 0 Å². The Kier molecular flexibility index (Phi) is 7.56. The summed E-state index contributed by atoms with van der Waals surface area (Å²) in [5.41, 5.74) is -0.170. The molecule has 1 heterocycles. The van der Waals surface area contributed by atoms with Gasteiger partial charge in [0.05, 0.1) is 25.3 Å². The fraction of sp³-hybridized carbons (Fsp3) is 0.292. The highest BCUT2D eigenvalue weighted by Gasteiger charge is 2.40. The van der Waals surface area contributed by atoms with Gasteiger partial charge in [-0.3, -0.25) is 9.79 Å². The first-order chi connectivity index (χ1) is 15.0. The molecule has 0 fully saturated rings. The zero-order chi connectivity index (χ0) is 22.1. The lowest BCUT2D eigenvalue weighted by molar-refractivity contribution is -0.159. The molecule has 1 atom stereocenters. The Morgan fingerprint density at radius 3 is 2.55 bits per heavy atom. The second-order valence-electron chi connectivity index (χ2n) is 7.22. The monoisotopic (exact) mass is 422 g/mol. The Labute approximate surface area is 181 Å². The maximum absolute atomic E-state index is 12.7. The standard InChI is InChI=1S/C24H26N2O5/c1-2-3-13-30-21-11-9-20(10-12-21)26-22(27)19-14-24(23(28)29,17-25-15-19)31-16-18-7-5-4-6-8-18/h4-12,14-15H,2-3,13,16-17H2,1H3,(H,26,27)(H,28,29). The number of carboxylic acids is 1. The first-order valence-corrected chi connectivity index (χ1v) is 10.2. The molecule has 0 spiro atoms. The van der Waals surface area contributed by atoms with E-state index < -0.39 is 17.5 Å². The largest absolute Gasteiger partial charge is 0.494 e. The fourth-order valence-electron chi connectivity index (χ4n) is 2.97. The number of unbranched alkanes of at least 4 members (excludes halogenated alkanes) is 1. The van der Waals surface area contributed by atoms with E-state index in [0.29, 0.717) is 12.3 Å². The lowest BCUT2D eigenvalue weighted by atomic mass is 9.97. The van der Waals surface area contributed by atoms with Crippen LogP contribution in [0.2, 0.25) is 0 Å². The van der Waals surface area contributed by atoms with Gasteiger partial charge in [0.25, 0.3) is 5.91 Å². The van der Waals surface area contributed by atoms with Gasteiger partial charge < -0.3 is 19.9 Å². The summed E-state index contributed by atoms with van der Waals surface area (Å²) >= 11 is 0. The van der Waals surface area contributed by atoms with Gasteiger partial charge in [0.15, 0.2) is 0 Å². The molecule has 3 rings (SSSR count). The number of amides is 1.